The van der Waals surface area contributed by atoms with Crippen molar-refractivity contribution in [1.29, 1.82) is 0 Å². The van der Waals surface area contributed by atoms with Gasteiger partial charge in [-0.15, -0.1) is 5.10 Å². The van der Waals surface area contributed by atoms with Crippen molar-refractivity contribution >= 4 is 5.69 Å². The summed E-state index contributed by atoms with van der Waals surface area (Å²) in [7, 11) is 0. The molecule has 0 spiro atoms. The van der Waals surface area contributed by atoms with Crippen LogP contribution < -0.4 is 5.73 Å². The molecule has 1 aromatic carbocycles. The minimum Gasteiger partial charge on any atom is -0.398 e. The zero-order chi connectivity index (χ0) is 12.5. The summed E-state index contributed by atoms with van der Waals surface area (Å²) in [6.07, 6.45) is 4.86. The molecule has 1 aliphatic rings. The van der Waals surface area contributed by atoms with E-state index in [1.807, 2.05) is 29.8 Å². The van der Waals surface area contributed by atoms with Gasteiger partial charge in [0.15, 0.2) is 5.82 Å². The number of benzene rings is 1. The predicted molar refractivity (Wildman–Crippen MR) is 69.9 cm³/mol. The van der Waals surface area contributed by atoms with Crippen LogP contribution in [0, 0.1) is 6.92 Å². The second-order valence-electron chi connectivity index (χ2n) is 4.91. The molecule has 1 fully saturated rings. The normalized spacial score (nSPS) is 16.3. The molecule has 0 amide bonds. The van der Waals surface area contributed by atoms with E-state index in [1.54, 1.807) is 0 Å². The Hall–Kier alpha value is -1.91. The summed E-state index contributed by atoms with van der Waals surface area (Å²) in [6, 6.07) is 6.33. The molecule has 1 aromatic heterocycles. The molecule has 0 bridgehead atoms. The van der Waals surface area contributed by atoms with Gasteiger partial charge in [-0.2, -0.15) is 0 Å². The van der Waals surface area contributed by atoms with Crippen LogP contribution >= 0.6 is 0 Å². The number of nitrogens with two attached hydrogens (primary N) is 1. The molecule has 5 heteroatoms. The van der Waals surface area contributed by atoms with Gasteiger partial charge in [0.2, 0.25) is 0 Å². The van der Waals surface area contributed by atoms with Crippen LogP contribution in [0.15, 0.2) is 18.2 Å². The summed E-state index contributed by atoms with van der Waals surface area (Å²) in [4.78, 5) is 0. The molecule has 1 saturated carbocycles. The molecule has 18 heavy (non-hydrogen) atoms. The van der Waals surface area contributed by atoms with Crippen molar-refractivity contribution < 1.29 is 0 Å². The van der Waals surface area contributed by atoms with Gasteiger partial charge in [0.25, 0.3) is 0 Å². The highest BCUT2D eigenvalue weighted by molar-refractivity contribution is 5.67. The van der Waals surface area contributed by atoms with Crippen molar-refractivity contribution in [2.45, 2.75) is 38.6 Å². The third-order valence-electron chi connectivity index (χ3n) is 3.78. The summed E-state index contributed by atoms with van der Waals surface area (Å²) in [5.74, 6) is 0.840. The smallest absolute Gasteiger partial charge is 0.182 e. The topological polar surface area (TPSA) is 69.6 Å². The van der Waals surface area contributed by atoms with Crippen LogP contribution in [0.1, 0.15) is 37.3 Å². The lowest BCUT2D eigenvalue weighted by atomic mass is 10.1. The molecule has 3 rings (SSSR count). The number of nitrogen functional groups attached to an aromatic ring is 1. The summed E-state index contributed by atoms with van der Waals surface area (Å²) in [5.41, 5.74) is 8.82. The second-order valence-corrected chi connectivity index (χ2v) is 4.91. The van der Waals surface area contributed by atoms with Crippen molar-refractivity contribution in [3.63, 3.8) is 0 Å². The van der Waals surface area contributed by atoms with E-state index in [9.17, 15) is 0 Å². The second kappa shape index (κ2) is 4.40. The Kier molecular flexibility index (Phi) is 2.74. The van der Waals surface area contributed by atoms with Crippen molar-refractivity contribution in [2.75, 3.05) is 5.73 Å². The first-order chi connectivity index (χ1) is 8.77. The molecular weight excluding hydrogens is 226 g/mol. The Bertz CT molecular complexity index is 554. The van der Waals surface area contributed by atoms with E-state index in [0.29, 0.717) is 6.04 Å². The highest BCUT2D eigenvalue weighted by Crippen LogP contribution is 2.33. The Labute approximate surface area is 106 Å². The molecule has 0 saturated heterocycles. The van der Waals surface area contributed by atoms with Gasteiger partial charge in [-0.1, -0.05) is 25.0 Å². The molecule has 0 unspecified atom stereocenters. The molecule has 2 aromatic rings. The summed E-state index contributed by atoms with van der Waals surface area (Å²) in [5, 5.41) is 12.2. The Morgan fingerprint density at radius 1 is 1.28 bits per heavy atom. The van der Waals surface area contributed by atoms with Crippen molar-refractivity contribution in [1.82, 2.24) is 20.2 Å². The van der Waals surface area contributed by atoms with Crippen molar-refractivity contribution in [2.24, 2.45) is 0 Å². The Morgan fingerprint density at radius 2 is 2.06 bits per heavy atom. The molecule has 0 aliphatic heterocycles. The fourth-order valence-electron chi connectivity index (χ4n) is 2.66. The minimum atomic E-state index is 0.441. The van der Waals surface area contributed by atoms with Gasteiger partial charge >= 0.3 is 0 Å². The van der Waals surface area contributed by atoms with E-state index < -0.39 is 0 Å². The van der Waals surface area contributed by atoms with E-state index in [-0.39, 0.29) is 0 Å². The van der Waals surface area contributed by atoms with Gasteiger partial charge in [0, 0.05) is 11.3 Å². The summed E-state index contributed by atoms with van der Waals surface area (Å²) in [6.45, 7) is 2.01. The molecule has 0 radical (unpaired) electrons. The van der Waals surface area contributed by atoms with E-state index in [4.69, 9.17) is 5.73 Å². The number of hydrogen-bond donors (Lipinski definition) is 1. The fraction of sp³-hybridized carbons (Fsp3) is 0.462. The molecule has 5 nitrogen and oxygen atoms in total. The highest BCUT2D eigenvalue weighted by Gasteiger charge is 2.22. The number of anilines is 1. The molecule has 0 atom stereocenters. The zero-order valence-electron chi connectivity index (χ0n) is 10.5. The van der Waals surface area contributed by atoms with Crippen LogP contribution in [0.3, 0.4) is 0 Å². The van der Waals surface area contributed by atoms with Gasteiger partial charge < -0.3 is 5.73 Å². The van der Waals surface area contributed by atoms with Crippen molar-refractivity contribution in [3.05, 3.63) is 23.8 Å². The Morgan fingerprint density at radius 3 is 2.83 bits per heavy atom. The van der Waals surface area contributed by atoms with Crippen LogP contribution in [-0.4, -0.2) is 20.2 Å². The van der Waals surface area contributed by atoms with E-state index in [1.165, 1.54) is 25.7 Å². The highest BCUT2D eigenvalue weighted by atomic mass is 15.5. The van der Waals surface area contributed by atoms with Gasteiger partial charge in [-0.3, -0.25) is 0 Å². The number of nitrogens with zero attached hydrogens (tertiary/aromatic N) is 4. The lowest BCUT2D eigenvalue weighted by Crippen LogP contribution is -2.09. The lowest BCUT2D eigenvalue weighted by Gasteiger charge is -2.13. The van der Waals surface area contributed by atoms with E-state index in [2.05, 4.69) is 15.5 Å². The maximum Gasteiger partial charge on any atom is 0.182 e. The first kappa shape index (κ1) is 11.2. The van der Waals surface area contributed by atoms with Gasteiger partial charge in [0.1, 0.15) is 0 Å². The fourth-order valence-corrected chi connectivity index (χ4v) is 2.66. The van der Waals surface area contributed by atoms with E-state index in [0.717, 1.165) is 22.6 Å². The quantitative estimate of drug-likeness (QED) is 0.822. The maximum absolute atomic E-state index is 5.95. The molecule has 1 aliphatic carbocycles. The SMILES string of the molecule is Cc1c(N)cccc1-c1nnnn1C1CCCC1. The van der Waals surface area contributed by atoms with Crippen LogP contribution in [0.2, 0.25) is 0 Å². The van der Waals surface area contributed by atoms with Crippen molar-refractivity contribution in [3.8, 4) is 11.4 Å². The summed E-state index contributed by atoms with van der Waals surface area (Å²) < 4.78 is 1.97. The Balaban J connectivity index is 2.06. The number of rotatable bonds is 2. The third-order valence-corrected chi connectivity index (χ3v) is 3.78. The summed E-state index contributed by atoms with van der Waals surface area (Å²) >= 11 is 0. The first-order valence-electron chi connectivity index (χ1n) is 6.40. The predicted octanol–water partition coefficient (Wildman–Crippen LogP) is 2.35. The van der Waals surface area contributed by atoms with Gasteiger partial charge in [-0.25, -0.2) is 4.68 Å². The molecule has 2 N–H and O–H groups in total. The number of tetrazole rings is 1. The lowest BCUT2D eigenvalue weighted by molar-refractivity contribution is 0.458. The average Bonchev–Trinajstić information content (AvgIpc) is 3.01. The van der Waals surface area contributed by atoms with Gasteiger partial charge in [0.05, 0.1) is 6.04 Å². The number of hydrogen-bond acceptors (Lipinski definition) is 4. The third kappa shape index (κ3) is 1.75. The largest absolute Gasteiger partial charge is 0.398 e. The molecule has 94 valence electrons. The molecule has 1 heterocycles. The number of aromatic nitrogens is 4. The maximum atomic E-state index is 5.95. The van der Waals surface area contributed by atoms with Gasteiger partial charge in [-0.05, 0) is 41.8 Å². The standard InChI is InChI=1S/C13H17N5/c1-9-11(7-4-8-12(9)14)13-15-16-17-18(13)10-5-2-3-6-10/h4,7-8,10H,2-3,5-6,14H2,1H3. The van der Waals surface area contributed by atoms with Crippen LogP contribution in [0.4, 0.5) is 5.69 Å². The van der Waals surface area contributed by atoms with Crippen LogP contribution in [-0.2, 0) is 0 Å². The first-order valence-corrected chi connectivity index (χ1v) is 6.40. The molecular formula is C13H17N5. The average molecular weight is 243 g/mol. The van der Waals surface area contributed by atoms with Crippen LogP contribution in [0.5, 0.6) is 0 Å². The zero-order valence-corrected chi connectivity index (χ0v) is 10.5. The minimum absolute atomic E-state index is 0.441. The van der Waals surface area contributed by atoms with E-state index >= 15 is 0 Å². The monoisotopic (exact) mass is 243 g/mol. The van der Waals surface area contributed by atoms with Crippen LogP contribution in [0.25, 0.3) is 11.4 Å².